The van der Waals surface area contributed by atoms with Crippen molar-refractivity contribution in [2.45, 2.75) is 43.4 Å². The quantitative estimate of drug-likeness (QED) is 0.600. The molecular weight excluding hydrogens is 228 g/mol. The molecule has 0 bridgehead atoms. The van der Waals surface area contributed by atoms with E-state index in [9.17, 15) is 0 Å². The van der Waals surface area contributed by atoms with Crippen LogP contribution >= 0.6 is 12.6 Å². The second kappa shape index (κ2) is 6.25. The lowest BCUT2D eigenvalue weighted by Gasteiger charge is -2.37. The van der Waals surface area contributed by atoms with Crippen LogP contribution < -0.4 is 0 Å². The molecule has 1 aliphatic rings. The summed E-state index contributed by atoms with van der Waals surface area (Å²) in [6.07, 6.45) is 4.60. The Kier molecular flexibility index (Phi) is 5.63. The van der Waals surface area contributed by atoms with E-state index in [1.54, 1.807) is 14.2 Å². The Morgan fingerprint density at radius 3 is 2.40 bits per heavy atom. The molecule has 1 saturated carbocycles. The molecule has 0 aromatic rings. The van der Waals surface area contributed by atoms with Gasteiger partial charge >= 0.3 is 8.80 Å². The molecule has 2 unspecified atom stereocenters. The Morgan fingerprint density at radius 2 is 1.93 bits per heavy atom. The standard InChI is InChI=1S/C10H22O3SSi/c1-4-13-15(11-2,12-3)10-7-5-6-9(14)8-10/h9-10,14H,4-8H2,1-3H3. The summed E-state index contributed by atoms with van der Waals surface area (Å²) >= 11 is 4.55. The van der Waals surface area contributed by atoms with Gasteiger partial charge in [-0.2, -0.15) is 12.6 Å². The Balaban J connectivity index is 2.68. The van der Waals surface area contributed by atoms with Crippen molar-refractivity contribution < 1.29 is 13.3 Å². The van der Waals surface area contributed by atoms with Crippen LogP contribution in [-0.2, 0) is 13.3 Å². The average Bonchev–Trinajstić information content (AvgIpc) is 2.26. The fourth-order valence-corrected chi connectivity index (χ4v) is 5.81. The molecule has 90 valence electrons. The van der Waals surface area contributed by atoms with E-state index in [4.69, 9.17) is 13.3 Å². The summed E-state index contributed by atoms with van der Waals surface area (Å²) in [5.74, 6) is 0. The zero-order chi connectivity index (χ0) is 11.3. The third kappa shape index (κ3) is 3.20. The van der Waals surface area contributed by atoms with Crippen LogP contribution in [0.25, 0.3) is 0 Å². The van der Waals surface area contributed by atoms with Gasteiger partial charge < -0.3 is 13.3 Å². The lowest BCUT2D eigenvalue weighted by Crippen LogP contribution is -2.50. The van der Waals surface area contributed by atoms with Crippen molar-refractivity contribution in [1.82, 2.24) is 0 Å². The van der Waals surface area contributed by atoms with Crippen molar-refractivity contribution in [2.75, 3.05) is 20.8 Å². The molecule has 0 radical (unpaired) electrons. The van der Waals surface area contributed by atoms with Gasteiger partial charge in [0.2, 0.25) is 0 Å². The van der Waals surface area contributed by atoms with E-state index >= 15 is 0 Å². The molecule has 1 rings (SSSR count). The zero-order valence-corrected chi connectivity index (χ0v) is 11.8. The fourth-order valence-electron chi connectivity index (χ4n) is 2.34. The van der Waals surface area contributed by atoms with Gasteiger partial charge in [0, 0.05) is 31.6 Å². The highest BCUT2D eigenvalue weighted by atomic mass is 32.1. The second-order valence-corrected chi connectivity index (χ2v) is 7.82. The molecule has 0 spiro atoms. The Hall–Kier alpha value is 0.447. The number of rotatable bonds is 5. The predicted octanol–water partition coefficient (Wildman–Crippen LogP) is 2.50. The first-order valence-electron chi connectivity index (χ1n) is 5.60. The molecular formula is C10H22O3SSi. The van der Waals surface area contributed by atoms with Crippen molar-refractivity contribution in [2.24, 2.45) is 0 Å². The second-order valence-electron chi connectivity index (χ2n) is 3.96. The Labute approximate surface area is 99.3 Å². The molecule has 0 N–H and O–H groups in total. The molecule has 1 aliphatic carbocycles. The van der Waals surface area contributed by atoms with Gasteiger partial charge in [-0.05, 0) is 26.2 Å². The average molecular weight is 250 g/mol. The van der Waals surface area contributed by atoms with Crippen LogP contribution in [0.1, 0.15) is 32.6 Å². The summed E-state index contributed by atoms with van der Waals surface area (Å²) in [5, 5.41) is 0.474. The zero-order valence-electron chi connectivity index (χ0n) is 9.86. The van der Waals surface area contributed by atoms with Crippen molar-refractivity contribution in [1.29, 1.82) is 0 Å². The van der Waals surface area contributed by atoms with Gasteiger partial charge in [0.1, 0.15) is 0 Å². The summed E-state index contributed by atoms with van der Waals surface area (Å²) in [7, 11) is 0.970. The van der Waals surface area contributed by atoms with Gasteiger partial charge in [-0.15, -0.1) is 0 Å². The monoisotopic (exact) mass is 250 g/mol. The molecule has 0 aliphatic heterocycles. The summed E-state index contributed by atoms with van der Waals surface area (Å²) in [5.41, 5.74) is 0.420. The predicted molar refractivity (Wildman–Crippen MR) is 66.4 cm³/mol. The maximum Gasteiger partial charge on any atom is 0.503 e. The highest BCUT2D eigenvalue weighted by molar-refractivity contribution is 7.80. The highest BCUT2D eigenvalue weighted by Gasteiger charge is 2.48. The van der Waals surface area contributed by atoms with Gasteiger partial charge in [-0.25, -0.2) is 0 Å². The molecule has 0 amide bonds. The topological polar surface area (TPSA) is 27.7 Å². The highest BCUT2D eigenvalue weighted by Crippen LogP contribution is 2.39. The van der Waals surface area contributed by atoms with Crippen LogP contribution in [0.2, 0.25) is 5.54 Å². The molecule has 2 atom stereocenters. The van der Waals surface area contributed by atoms with E-state index in [1.807, 2.05) is 6.92 Å². The Morgan fingerprint density at radius 1 is 1.27 bits per heavy atom. The maximum atomic E-state index is 5.78. The molecule has 1 fully saturated rings. The molecule has 0 heterocycles. The van der Waals surface area contributed by atoms with E-state index < -0.39 is 8.80 Å². The van der Waals surface area contributed by atoms with Crippen LogP contribution in [0.4, 0.5) is 0 Å². The van der Waals surface area contributed by atoms with Crippen molar-refractivity contribution in [3.8, 4) is 0 Å². The Bertz CT molecular complexity index is 188. The molecule has 5 heteroatoms. The minimum atomic E-state index is -2.43. The molecule has 3 nitrogen and oxygen atoms in total. The minimum absolute atomic E-state index is 0.420. The molecule has 0 saturated heterocycles. The summed E-state index contributed by atoms with van der Waals surface area (Å²) in [6.45, 7) is 2.64. The van der Waals surface area contributed by atoms with Crippen LogP contribution in [0, 0.1) is 0 Å². The number of hydrogen-bond donors (Lipinski definition) is 1. The van der Waals surface area contributed by atoms with Gasteiger partial charge in [0.25, 0.3) is 0 Å². The number of thiol groups is 1. The molecule has 0 aromatic carbocycles. The summed E-state index contributed by atoms with van der Waals surface area (Å²) in [6, 6.07) is 0. The first kappa shape index (κ1) is 13.5. The molecule has 15 heavy (non-hydrogen) atoms. The van der Waals surface area contributed by atoms with Gasteiger partial charge in [-0.3, -0.25) is 0 Å². The van der Waals surface area contributed by atoms with E-state index in [0.717, 1.165) is 12.8 Å². The summed E-state index contributed by atoms with van der Waals surface area (Å²) < 4.78 is 16.9. The first-order chi connectivity index (χ1) is 7.18. The minimum Gasteiger partial charge on any atom is -0.377 e. The lowest BCUT2D eigenvalue weighted by molar-refractivity contribution is 0.0868. The normalized spacial score (nSPS) is 28.0. The van der Waals surface area contributed by atoms with E-state index in [-0.39, 0.29) is 0 Å². The van der Waals surface area contributed by atoms with Crippen LogP contribution in [0.15, 0.2) is 0 Å². The lowest BCUT2D eigenvalue weighted by atomic mass is 9.99. The van der Waals surface area contributed by atoms with E-state index in [2.05, 4.69) is 12.6 Å². The molecule has 0 aromatic heterocycles. The van der Waals surface area contributed by atoms with Crippen molar-refractivity contribution >= 4 is 21.4 Å². The third-order valence-corrected chi connectivity index (χ3v) is 6.88. The van der Waals surface area contributed by atoms with Gasteiger partial charge in [0.15, 0.2) is 0 Å². The first-order valence-corrected chi connectivity index (χ1v) is 7.92. The van der Waals surface area contributed by atoms with Crippen molar-refractivity contribution in [3.05, 3.63) is 0 Å². The fraction of sp³-hybridized carbons (Fsp3) is 1.00. The smallest absolute Gasteiger partial charge is 0.377 e. The third-order valence-electron chi connectivity index (χ3n) is 3.06. The van der Waals surface area contributed by atoms with Crippen LogP contribution in [-0.4, -0.2) is 34.9 Å². The van der Waals surface area contributed by atoms with Crippen LogP contribution in [0.3, 0.4) is 0 Å². The van der Waals surface area contributed by atoms with Gasteiger partial charge in [0.05, 0.1) is 0 Å². The number of hydrogen-bond acceptors (Lipinski definition) is 4. The van der Waals surface area contributed by atoms with Gasteiger partial charge in [-0.1, -0.05) is 6.42 Å². The maximum absolute atomic E-state index is 5.78. The SMILES string of the molecule is CCO[Si](OC)(OC)C1CCCC(S)C1. The van der Waals surface area contributed by atoms with E-state index in [1.165, 1.54) is 12.8 Å². The largest absolute Gasteiger partial charge is 0.503 e. The summed E-state index contributed by atoms with van der Waals surface area (Å²) in [4.78, 5) is 0. The van der Waals surface area contributed by atoms with Crippen LogP contribution in [0.5, 0.6) is 0 Å². The van der Waals surface area contributed by atoms with E-state index in [0.29, 0.717) is 17.4 Å². The van der Waals surface area contributed by atoms with Crippen molar-refractivity contribution in [3.63, 3.8) is 0 Å².